The summed E-state index contributed by atoms with van der Waals surface area (Å²) in [5.74, 6) is 0.251. The van der Waals surface area contributed by atoms with Gasteiger partial charge in [-0.3, -0.25) is 9.79 Å². The molecule has 0 spiro atoms. The summed E-state index contributed by atoms with van der Waals surface area (Å²) in [5.41, 5.74) is -0.312. The van der Waals surface area contributed by atoms with Gasteiger partial charge in [-0.05, 0) is 45.0 Å². The first-order valence-electron chi connectivity index (χ1n) is 8.16. The Kier molecular flexibility index (Phi) is 8.08. The summed E-state index contributed by atoms with van der Waals surface area (Å²) >= 11 is 3.29. The van der Waals surface area contributed by atoms with Crippen molar-refractivity contribution in [2.75, 3.05) is 32.9 Å². The topological polar surface area (TPSA) is 90.9 Å². The fourth-order valence-electron chi connectivity index (χ4n) is 2.19. The van der Waals surface area contributed by atoms with E-state index in [-0.39, 0.29) is 35.2 Å². The van der Waals surface area contributed by atoms with Crippen LogP contribution in [0.1, 0.15) is 20.8 Å². The van der Waals surface area contributed by atoms with E-state index in [1.165, 1.54) is 0 Å². The fourth-order valence-corrected chi connectivity index (χ4v) is 3.61. The van der Waals surface area contributed by atoms with E-state index < -0.39 is 9.84 Å². The fraction of sp³-hybridized carbons (Fsp3) is 0.529. The highest BCUT2D eigenvalue weighted by molar-refractivity contribution is 9.10. The molecule has 9 heteroatoms. The monoisotopic (exact) mass is 446 g/mol. The Balaban J connectivity index is 2.58. The van der Waals surface area contributed by atoms with Crippen LogP contribution in [0.3, 0.4) is 0 Å². The smallest absolute Gasteiger partial charge is 0.240 e. The van der Waals surface area contributed by atoms with Crippen LogP contribution >= 0.6 is 15.9 Å². The number of likely N-dealkylation sites (N-methyl/N-ethyl adjacent to an activating group) is 1. The summed E-state index contributed by atoms with van der Waals surface area (Å²) < 4.78 is 25.5. The molecule has 7 nitrogen and oxygen atoms in total. The zero-order valence-electron chi connectivity index (χ0n) is 15.8. The quantitative estimate of drug-likeness (QED) is 0.511. The molecule has 0 aliphatic rings. The van der Waals surface area contributed by atoms with Gasteiger partial charge >= 0.3 is 0 Å². The van der Waals surface area contributed by atoms with Crippen molar-refractivity contribution >= 4 is 37.6 Å². The van der Waals surface area contributed by atoms with Crippen LogP contribution in [-0.4, -0.2) is 63.7 Å². The molecule has 1 aromatic carbocycles. The predicted molar refractivity (Wildman–Crippen MR) is 108 cm³/mol. The molecule has 146 valence electrons. The van der Waals surface area contributed by atoms with E-state index in [1.54, 1.807) is 43.3 Å². The van der Waals surface area contributed by atoms with Crippen molar-refractivity contribution in [1.29, 1.82) is 0 Å². The van der Waals surface area contributed by atoms with Crippen molar-refractivity contribution in [2.24, 2.45) is 4.99 Å². The summed E-state index contributed by atoms with van der Waals surface area (Å²) in [7, 11) is -0.0798. The number of nitrogens with one attached hydrogen (secondary N) is 2. The van der Waals surface area contributed by atoms with Crippen molar-refractivity contribution < 1.29 is 13.2 Å². The van der Waals surface area contributed by atoms with Crippen LogP contribution in [0, 0.1) is 0 Å². The molecule has 0 fully saturated rings. The molecule has 1 aromatic rings. The van der Waals surface area contributed by atoms with E-state index in [1.807, 2.05) is 20.8 Å². The minimum absolute atomic E-state index is 0.0737. The number of carbonyl (C=O) groups is 1. The second kappa shape index (κ2) is 9.36. The van der Waals surface area contributed by atoms with E-state index in [0.717, 1.165) is 4.47 Å². The van der Waals surface area contributed by atoms with Crippen LogP contribution in [0.4, 0.5) is 0 Å². The third-order valence-electron chi connectivity index (χ3n) is 3.30. The Morgan fingerprint density at radius 1 is 1.23 bits per heavy atom. The molecular weight excluding hydrogens is 420 g/mol. The molecule has 1 amide bonds. The van der Waals surface area contributed by atoms with E-state index in [2.05, 4.69) is 31.6 Å². The second-order valence-corrected chi connectivity index (χ2v) is 9.93. The summed E-state index contributed by atoms with van der Waals surface area (Å²) in [4.78, 5) is 18.0. The average Bonchev–Trinajstić information content (AvgIpc) is 2.49. The lowest BCUT2D eigenvalue weighted by atomic mass is 10.1. The molecule has 2 N–H and O–H groups in total. The molecule has 0 unspecified atom stereocenters. The van der Waals surface area contributed by atoms with Crippen LogP contribution in [0.25, 0.3) is 0 Å². The molecule has 26 heavy (non-hydrogen) atoms. The van der Waals surface area contributed by atoms with Gasteiger partial charge < -0.3 is 15.5 Å². The number of sulfone groups is 1. The van der Waals surface area contributed by atoms with Crippen LogP contribution in [0.15, 0.2) is 38.6 Å². The van der Waals surface area contributed by atoms with Crippen LogP contribution in [0.5, 0.6) is 0 Å². The number of hydrogen-bond acceptors (Lipinski definition) is 4. The van der Waals surface area contributed by atoms with Gasteiger partial charge in [-0.2, -0.15) is 0 Å². The molecule has 0 aromatic heterocycles. The van der Waals surface area contributed by atoms with Gasteiger partial charge in [0, 0.05) is 30.7 Å². The molecule has 1 rings (SSSR count). The maximum absolute atomic E-state index is 12.3. The summed E-state index contributed by atoms with van der Waals surface area (Å²) in [6, 6.07) is 6.52. The molecule has 0 radical (unpaired) electrons. The van der Waals surface area contributed by atoms with Crippen LogP contribution in [-0.2, 0) is 14.6 Å². The highest BCUT2D eigenvalue weighted by atomic mass is 79.9. The first-order chi connectivity index (χ1) is 11.9. The van der Waals surface area contributed by atoms with Gasteiger partial charge in [-0.1, -0.05) is 15.9 Å². The molecule has 0 aliphatic heterocycles. The standard InChI is InChI=1S/C17H27BrN4O3S/c1-17(2,3)21-15(23)12-22(5)16(19-4)20-10-11-26(24,25)14-8-6-13(18)7-9-14/h6-9H,10-12H2,1-5H3,(H,19,20)(H,21,23). The third-order valence-corrected chi connectivity index (χ3v) is 5.56. The average molecular weight is 447 g/mol. The summed E-state index contributed by atoms with van der Waals surface area (Å²) in [6.07, 6.45) is 0. The number of amides is 1. The normalized spacial score (nSPS) is 12.6. The van der Waals surface area contributed by atoms with E-state index in [0.29, 0.717) is 5.96 Å². The van der Waals surface area contributed by atoms with Gasteiger partial charge in [0.1, 0.15) is 0 Å². The highest BCUT2D eigenvalue weighted by Gasteiger charge is 2.18. The number of halogens is 1. The first kappa shape index (κ1) is 22.4. The predicted octanol–water partition coefficient (Wildman–Crippen LogP) is 1.64. The zero-order valence-corrected chi connectivity index (χ0v) is 18.2. The Bertz CT molecular complexity index is 740. The Labute approximate surface area is 164 Å². The van der Waals surface area contributed by atoms with Gasteiger partial charge in [0.05, 0.1) is 17.2 Å². The minimum Gasteiger partial charge on any atom is -0.355 e. The third kappa shape index (κ3) is 7.74. The first-order valence-corrected chi connectivity index (χ1v) is 10.6. The molecule has 0 aliphatic carbocycles. The van der Waals surface area contributed by atoms with Crippen molar-refractivity contribution in [2.45, 2.75) is 31.2 Å². The number of nitrogens with zero attached hydrogens (tertiary/aromatic N) is 2. The van der Waals surface area contributed by atoms with Gasteiger partial charge in [-0.15, -0.1) is 0 Å². The van der Waals surface area contributed by atoms with Gasteiger partial charge in [-0.25, -0.2) is 8.42 Å². The lowest BCUT2D eigenvalue weighted by molar-refractivity contribution is -0.122. The number of benzene rings is 1. The summed E-state index contributed by atoms with van der Waals surface area (Å²) in [5, 5.41) is 5.85. The van der Waals surface area contributed by atoms with Crippen LogP contribution in [0.2, 0.25) is 0 Å². The second-order valence-electron chi connectivity index (χ2n) is 6.90. The number of guanidine groups is 1. The largest absolute Gasteiger partial charge is 0.355 e. The van der Waals surface area contributed by atoms with Crippen LogP contribution < -0.4 is 10.6 Å². The minimum atomic E-state index is -3.39. The molecule has 0 saturated heterocycles. The summed E-state index contributed by atoms with van der Waals surface area (Å²) in [6.45, 7) is 6.04. The molecule has 0 heterocycles. The highest BCUT2D eigenvalue weighted by Crippen LogP contribution is 2.15. The molecule has 0 atom stereocenters. The maximum atomic E-state index is 12.3. The molecule has 0 bridgehead atoms. The number of rotatable bonds is 6. The molecular formula is C17H27BrN4O3S. The number of carbonyl (C=O) groups excluding carboxylic acids is 1. The van der Waals surface area contributed by atoms with E-state index in [9.17, 15) is 13.2 Å². The van der Waals surface area contributed by atoms with Crippen molar-refractivity contribution in [1.82, 2.24) is 15.5 Å². The zero-order chi connectivity index (χ0) is 20.0. The number of hydrogen-bond donors (Lipinski definition) is 2. The van der Waals surface area contributed by atoms with Gasteiger partial charge in [0.2, 0.25) is 5.91 Å². The van der Waals surface area contributed by atoms with Crippen molar-refractivity contribution in [3.8, 4) is 0 Å². The lowest BCUT2D eigenvalue weighted by Crippen LogP contribution is -2.49. The van der Waals surface area contributed by atoms with E-state index in [4.69, 9.17) is 0 Å². The molecule has 0 saturated carbocycles. The van der Waals surface area contributed by atoms with E-state index >= 15 is 0 Å². The van der Waals surface area contributed by atoms with Crippen molar-refractivity contribution in [3.63, 3.8) is 0 Å². The Morgan fingerprint density at radius 2 is 1.81 bits per heavy atom. The lowest BCUT2D eigenvalue weighted by Gasteiger charge is -2.25. The van der Waals surface area contributed by atoms with Gasteiger partial charge in [0.25, 0.3) is 0 Å². The van der Waals surface area contributed by atoms with Gasteiger partial charge in [0.15, 0.2) is 15.8 Å². The Morgan fingerprint density at radius 3 is 2.31 bits per heavy atom. The maximum Gasteiger partial charge on any atom is 0.240 e. The van der Waals surface area contributed by atoms with Crippen molar-refractivity contribution in [3.05, 3.63) is 28.7 Å². The SMILES string of the molecule is CN=C(NCCS(=O)(=O)c1ccc(Br)cc1)N(C)CC(=O)NC(C)(C)C. The number of aliphatic imine (C=N–C) groups is 1. The Hall–Kier alpha value is -1.61.